The van der Waals surface area contributed by atoms with E-state index in [0.29, 0.717) is 0 Å². The number of hydrogen-bond acceptors (Lipinski definition) is 1. The Bertz CT molecular complexity index is 165. The molecule has 0 saturated carbocycles. The monoisotopic (exact) mass is 225 g/mol. The van der Waals surface area contributed by atoms with Gasteiger partial charge in [0, 0.05) is 11.6 Å². The highest BCUT2D eigenvalue weighted by Crippen LogP contribution is 2.25. The van der Waals surface area contributed by atoms with E-state index in [0.717, 1.165) is 19.3 Å². The lowest BCUT2D eigenvalue weighted by Crippen LogP contribution is -2.49. The van der Waals surface area contributed by atoms with Crippen LogP contribution in [-0.2, 0) is 0 Å². The molecule has 0 bridgehead atoms. The highest BCUT2D eigenvalue weighted by atomic mass is 19.4. The van der Waals surface area contributed by atoms with E-state index in [1.165, 1.54) is 0 Å². The summed E-state index contributed by atoms with van der Waals surface area (Å²) in [5.74, 6) is 0. The third-order valence-electron chi connectivity index (χ3n) is 3.12. The fraction of sp³-hybridized carbons (Fsp3) is 1.00. The van der Waals surface area contributed by atoms with Gasteiger partial charge in [0.25, 0.3) is 0 Å². The van der Waals surface area contributed by atoms with Gasteiger partial charge in [-0.1, -0.05) is 20.8 Å². The standard InChI is InChI=1S/C11H22F3N/c1-5-10(6-2,7-3)15-9(4)8-11(12,13)14/h9,15H,5-8H2,1-4H3. The van der Waals surface area contributed by atoms with E-state index in [2.05, 4.69) is 5.32 Å². The van der Waals surface area contributed by atoms with E-state index in [4.69, 9.17) is 0 Å². The van der Waals surface area contributed by atoms with Crippen molar-refractivity contribution >= 4 is 0 Å². The van der Waals surface area contributed by atoms with Gasteiger partial charge in [0.15, 0.2) is 0 Å². The molecule has 0 aliphatic carbocycles. The fourth-order valence-corrected chi connectivity index (χ4v) is 1.98. The van der Waals surface area contributed by atoms with Crippen LogP contribution < -0.4 is 5.32 Å². The molecule has 92 valence electrons. The van der Waals surface area contributed by atoms with Crippen LogP contribution in [0.15, 0.2) is 0 Å². The van der Waals surface area contributed by atoms with E-state index < -0.39 is 18.6 Å². The van der Waals surface area contributed by atoms with Crippen LogP contribution >= 0.6 is 0 Å². The molecule has 0 aromatic heterocycles. The number of halogens is 3. The first-order chi connectivity index (χ1) is 6.78. The minimum absolute atomic E-state index is 0.134. The van der Waals surface area contributed by atoms with Crippen molar-refractivity contribution in [1.29, 1.82) is 0 Å². The van der Waals surface area contributed by atoms with Gasteiger partial charge in [-0.3, -0.25) is 0 Å². The molecule has 0 aromatic rings. The van der Waals surface area contributed by atoms with Gasteiger partial charge < -0.3 is 5.32 Å². The second kappa shape index (κ2) is 5.73. The molecule has 0 spiro atoms. The molecule has 0 heterocycles. The third-order valence-corrected chi connectivity index (χ3v) is 3.12. The SMILES string of the molecule is CCC(CC)(CC)NC(C)CC(F)(F)F. The minimum Gasteiger partial charge on any atom is -0.308 e. The molecule has 0 aliphatic heterocycles. The van der Waals surface area contributed by atoms with E-state index >= 15 is 0 Å². The normalized spacial score (nSPS) is 15.4. The lowest BCUT2D eigenvalue weighted by molar-refractivity contribution is -0.140. The summed E-state index contributed by atoms with van der Waals surface area (Å²) in [5.41, 5.74) is -0.134. The molecule has 0 amide bonds. The molecule has 0 rings (SSSR count). The predicted octanol–water partition coefficient (Wildman–Crippen LogP) is 3.89. The predicted molar refractivity (Wildman–Crippen MR) is 56.9 cm³/mol. The van der Waals surface area contributed by atoms with Gasteiger partial charge in [-0.25, -0.2) is 0 Å². The number of hydrogen-bond donors (Lipinski definition) is 1. The Morgan fingerprint density at radius 1 is 1.00 bits per heavy atom. The van der Waals surface area contributed by atoms with Gasteiger partial charge in [-0.2, -0.15) is 13.2 Å². The lowest BCUT2D eigenvalue weighted by Gasteiger charge is -2.35. The van der Waals surface area contributed by atoms with E-state index in [1.807, 2.05) is 20.8 Å². The Labute approximate surface area is 90.4 Å². The van der Waals surface area contributed by atoms with Gasteiger partial charge in [-0.05, 0) is 26.2 Å². The third kappa shape index (κ3) is 5.40. The van der Waals surface area contributed by atoms with Crippen LogP contribution in [0.3, 0.4) is 0 Å². The topological polar surface area (TPSA) is 12.0 Å². The van der Waals surface area contributed by atoms with Gasteiger partial charge in [-0.15, -0.1) is 0 Å². The second-order valence-corrected chi connectivity index (χ2v) is 4.21. The first-order valence-corrected chi connectivity index (χ1v) is 5.63. The summed E-state index contributed by atoms with van der Waals surface area (Å²) in [7, 11) is 0. The fourth-order valence-electron chi connectivity index (χ4n) is 1.98. The van der Waals surface area contributed by atoms with Crippen molar-refractivity contribution in [3.05, 3.63) is 0 Å². The van der Waals surface area contributed by atoms with Crippen molar-refractivity contribution in [2.24, 2.45) is 0 Å². The Balaban J connectivity index is 4.29. The summed E-state index contributed by atoms with van der Waals surface area (Å²) in [4.78, 5) is 0. The van der Waals surface area contributed by atoms with Crippen molar-refractivity contribution < 1.29 is 13.2 Å². The Hall–Kier alpha value is -0.250. The summed E-state index contributed by atoms with van der Waals surface area (Å²) in [6.45, 7) is 7.64. The van der Waals surface area contributed by atoms with Crippen LogP contribution in [0, 0.1) is 0 Å². The van der Waals surface area contributed by atoms with Gasteiger partial charge in [0.1, 0.15) is 0 Å². The zero-order chi connectivity index (χ0) is 12.1. The number of rotatable bonds is 6. The number of nitrogens with one attached hydrogen (secondary N) is 1. The lowest BCUT2D eigenvalue weighted by atomic mass is 9.88. The van der Waals surface area contributed by atoms with Crippen LogP contribution in [0.2, 0.25) is 0 Å². The molecule has 0 fully saturated rings. The highest BCUT2D eigenvalue weighted by molar-refractivity contribution is 4.86. The Kier molecular flexibility index (Phi) is 5.63. The molecule has 15 heavy (non-hydrogen) atoms. The average molecular weight is 225 g/mol. The summed E-state index contributed by atoms with van der Waals surface area (Å²) in [6, 6.07) is -0.509. The van der Waals surface area contributed by atoms with E-state index in [1.54, 1.807) is 6.92 Å². The zero-order valence-electron chi connectivity index (χ0n) is 10.0. The molecule has 0 saturated heterocycles. The van der Waals surface area contributed by atoms with Crippen molar-refractivity contribution in [2.75, 3.05) is 0 Å². The summed E-state index contributed by atoms with van der Waals surface area (Å²) in [5, 5.41) is 3.12. The average Bonchev–Trinajstić information content (AvgIpc) is 2.11. The molecule has 1 nitrogen and oxygen atoms in total. The van der Waals surface area contributed by atoms with Gasteiger partial charge >= 0.3 is 6.18 Å². The summed E-state index contributed by atoms with van der Waals surface area (Å²) < 4.78 is 36.5. The van der Waals surface area contributed by atoms with Crippen molar-refractivity contribution in [2.45, 2.75) is 71.1 Å². The van der Waals surface area contributed by atoms with Gasteiger partial charge in [0.05, 0.1) is 6.42 Å². The largest absolute Gasteiger partial charge is 0.390 e. The second-order valence-electron chi connectivity index (χ2n) is 4.21. The van der Waals surface area contributed by atoms with Crippen molar-refractivity contribution in [3.63, 3.8) is 0 Å². The molecule has 1 unspecified atom stereocenters. The Morgan fingerprint density at radius 3 is 1.67 bits per heavy atom. The molecule has 1 N–H and O–H groups in total. The maximum Gasteiger partial charge on any atom is 0.390 e. The van der Waals surface area contributed by atoms with Crippen molar-refractivity contribution in [1.82, 2.24) is 5.32 Å². The minimum atomic E-state index is -4.08. The summed E-state index contributed by atoms with van der Waals surface area (Å²) in [6.07, 6.45) is -2.24. The van der Waals surface area contributed by atoms with Crippen LogP contribution in [0.1, 0.15) is 53.4 Å². The molecular weight excluding hydrogens is 203 g/mol. The van der Waals surface area contributed by atoms with Crippen LogP contribution in [0.25, 0.3) is 0 Å². The zero-order valence-corrected chi connectivity index (χ0v) is 10.0. The van der Waals surface area contributed by atoms with Crippen molar-refractivity contribution in [3.8, 4) is 0 Å². The smallest absolute Gasteiger partial charge is 0.308 e. The first-order valence-electron chi connectivity index (χ1n) is 5.63. The van der Waals surface area contributed by atoms with Crippen LogP contribution in [0.5, 0.6) is 0 Å². The molecule has 4 heteroatoms. The van der Waals surface area contributed by atoms with E-state index in [-0.39, 0.29) is 5.54 Å². The molecule has 0 aromatic carbocycles. The van der Waals surface area contributed by atoms with Crippen LogP contribution in [-0.4, -0.2) is 17.8 Å². The number of alkyl halides is 3. The molecule has 1 atom stereocenters. The molecule has 0 radical (unpaired) electrons. The maximum absolute atomic E-state index is 12.2. The first kappa shape index (κ1) is 14.8. The maximum atomic E-state index is 12.2. The Morgan fingerprint density at radius 2 is 1.40 bits per heavy atom. The summed E-state index contributed by atoms with van der Waals surface area (Å²) >= 11 is 0. The van der Waals surface area contributed by atoms with Crippen LogP contribution in [0.4, 0.5) is 13.2 Å². The molecule has 0 aliphatic rings. The highest BCUT2D eigenvalue weighted by Gasteiger charge is 2.33. The van der Waals surface area contributed by atoms with Gasteiger partial charge in [0.2, 0.25) is 0 Å². The molecular formula is C11H22F3N. The quantitative estimate of drug-likeness (QED) is 0.723. The van der Waals surface area contributed by atoms with E-state index in [9.17, 15) is 13.2 Å².